The summed E-state index contributed by atoms with van der Waals surface area (Å²) in [5, 5.41) is 3.56. The van der Waals surface area contributed by atoms with E-state index in [-0.39, 0.29) is 17.1 Å². The van der Waals surface area contributed by atoms with Crippen molar-refractivity contribution in [3.63, 3.8) is 0 Å². The van der Waals surface area contributed by atoms with Crippen LogP contribution < -0.4 is 11.1 Å². The lowest BCUT2D eigenvalue weighted by Gasteiger charge is -2.23. The molecule has 3 N–H and O–H groups in total. The molecule has 0 fully saturated rings. The van der Waals surface area contributed by atoms with E-state index in [1.807, 2.05) is 18.2 Å². The number of hydrogen-bond donors (Lipinski definition) is 2. The van der Waals surface area contributed by atoms with Gasteiger partial charge in [-0.25, -0.2) is 4.39 Å². The van der Waals surface area contributed by atoms with Crippen LogP contribution in [0.1, 0.15) is 30.1 Å². The molecule has 0 aliphatic rings. The quantitative estimate of drug-likeness (QED) is 0.879. The molecular weight excluding hydrogens is 275 g/mol. The predicted molar refractivity (Wildman–Crippen MR) is 81.2 cm³/mol. The molecule has 0 aromatic heterocycles. The van der Waals surface area contributed by atoms with Crippen LogP contribution in [0.2, 0.25) is 5.02 Å². The normalized spacial score (nSPS) is 14.0. The Bertz CT molecular complexity index is 560. The molecule has 20 heavy (non-hydrogen) atoms. The van der Waals surface area contributed by atoms with Crippen molar-refractivity contribution in [2.45, 2.75) is 19.0 Å². The predicted octanol–water partition coefficient (Wildman–Crippen LogP) is 3.83. The third-order valence-electron chi connectivity index (χ3n) is 3.33. The molecule has 0 bridgehead atoms. The van der Waals surface area contributed by atoms with Gasteiger partial charge in [-0.3, -0.25) is 0 Å². The molecule has 106 valence electrons. The second-order valence-corrected chi connectivity index (χ2v) is 5.17. The average Bonchev–Trinajstić information content (AvgIpc) is 2.48. The van der Waals surface area contributed by atoms with Gasteiger partial charge in [0.25, 0.3) is 0 Å². The lowest BCUT2D eigenvalue weighted by atomic mass is 10.0. The summed E-state index contributed by atoms with van der Waals surface area (Å²) in [6, 6.07) is 14.9. The smallest absolute Gasteiger partial charge is 0.141 e. The molecule has 2 aromatic carbocycles. The van der Waals surface area contributed by atoms with E-state index in [9.17, 15) is 4.39 Å². The molecular formula is C16H18ClFN2. The molecule has 0 saturated carbocycles. The number of nitrogens with one attached hydrogen (secondary N) is 1. The Morgan fingerprint density at radius 1 is 1.15 bits per heavy atom. The van der Waals surface area contributed by atoms with Crippen molar-refractivity contribution >= 4 is 11.6 Å². The molecule has 4 heteroatoms. The van der Waals surface area contributed by atoms with Crippen LogP contribution in [-0.2, 0) is 0 Å². The summed E-state index contributed by atoms with van der Waals surface area (Å²) in [7, 11) is 0. The highest BCUT2D eigenvalue weighted by molar-refractivity contribution is 6.30. The van der Waals surface area contributed by atoms with Crippen molar-refractivity contribution in [2.24, 2.45) is 5.73 Å². The van der Waals surface area contributed by atoms with Gasteiger partial charge < -0.3 is 11.1 Å². The van der Waals surface area contributed by atoms with Crippen LogP contribution in [0.15, 0.2) is 48.5 Å². The Hall–Kier alpha value is -1.42. The Balaban J connectivity index is 2.14. The zero-order chi connectivity index (χ0) is 14.5. The fourth-order valence-electron chi connectivity index (χ4n) is 2.17. The summed E-state index contributed by atoms with van der Waals surface area (Å²) >= 11 is 5.82. The first kappa shape index (κ1) is 15.0. The van der Waals surface area contributed by atoms with Gasteiger partial charge in [0.15, 0.2) is 0 Å². The minimum Gasteiger partial charge on any atom is -0.329 e. The van der Waals surface area contributed by atoms with Crippen LogP contribution in [0.4, 0.5) is 4.39 Å². The molecule has 2 unspecified atom stereocenters. The third kappa shape index (κ3) is 3.57. The number of halogens is 2. The van der Waals surface area contributed by atoms with Gasteiger partial charge in [-0.15, -0.1) is 0 Å². The maximum Gasteiger partial charge on any atom is 0.141 e. The lowest BCUT2D eigenvalue weighted by molar-refractivity contribution is 0.472. The second kappa shape index (κ2) is 6.84. The fraction of sp³-hybridized carbons (Fsp3) is 0.250. The van der Waals surface area contributed by atoms with Crippen molar-refractivity contribution < 1.29 is 4.39 Å². The van der Waals surface area contributed by atoms with Crippen LogP contribution >= 0.6 is 11.6 Å². The van der Waals surface area contributed by atoms with Gasteiger partial charge >= 0.3 is 0 Å². The standard InChI is InChI=1S/C16H18ClFN2/c1-11(12-5-3-2-4-6-12)20-16(10-19)13-7-8-15(18)14(17)9-13/h2-9,11,16,20H,10,19H2,1H3. The van der Waals surface area contributed by atoms with Crippen molar-refractivity contribution in [2.75, 3.05) is 6.54 Å². The average molecular weight is 293 g/mol. The van der Waals surface area contributed by atoms with E-state index in [0.29, 0.717) is 6.54 Å². The molecule has 0 spiro atoms. The highest BCUT2D eigenvalue weighted by Gasteiger charge is 2.15. The first-order chi connectivity index (χ1) is 9.61. The summed E-state index contributed by atoms with van der Waals surface area (Å²) in [5.41, 5.74) is 7.89. The number of nitrogens with two attached hydrogens (primary N) is 1. The van der Waals surface area contributed by atoms with Gasteiger partial charge in [-0.2, -0.15) is 0 Å². The molecule has 0 amide bonds. The maximum absolute atomic E-state index is 13.2. The molecule has 0 radical (unpaired) electrons. The molecule has 0 aliphatic heterocycles. The van der Waals surface area contributed by atoms with E-state index >= 15 is 0 Å². The van der Waals surface area contributed by atoms with Crippen LogP contribution in [0.25, 0.3) is 0 Å². The van der Waals surface area contributed by atoms with E-state index in [4.69, 9.17) is 17.3 Å². The Morgan fingerprint density at radius 3 is 2.45 bits per heavy atom. The van der Waals surface area contributed by atoms with Crippen molar-refractivity contribution in [3.05, 3.63) is 70.5 Å². The van der Waals surface area contributed by atoms with Gasteiger partial charge in [0.2, 0.25) is 0 Å². The molecule has 2 aromatic rings. The van der Waals surface area contributed by atoms with Gasteiger partial charge in [0.05, 0.1) is 5.02 Å². The Morgan fingerprint density at radius 2 is 1.85 bits per heavy atom. The van der Waals surface area contributed by atoms with Crippen LogP contribution in [0, 0.1) is 5.82 Å². The SMILES string of the molecule is CC(NC(CN)c1ccc(F)c(Cl)c1)c1ccccc1. The minimum absolute atomic E-state index is 0.0664. The molecule has 0 aliphatic carbocycles. The highest BCUT2D eigenvalue weighted by Crippen LogP contribution is 2.23. The number of hydrogen-bond acceptors (Lipinski definition) is 2. The van der Waals surface area contributed by atoms with Crippen LogP contribution in [-0.4, -0.2) is 6.54 Å². The van der Waals surface area contributed by atoms with Crippen LogP contribution in [0.3, 0.4) is 0 Å². The van der Waals surface area contributed by atoms with E-state index in [1.54, 1.807) is 12.1 Å². The van der Waals surface area contributed by atoms with Crippen molar-refractivity contribution in [3.8, 4) is 0 Å². The summed E-state index contributed by atoms with van der Waals surface area (Å²) in [6.45, 7) is 2.49. The molecule has 2 rings (SSSR count). The van der Waals surface area contributed by atoms with Gasteiger partial charge in [0, 0.05) is 18.6 Å². The largest absolute Gasteiger partial charge is 0.329 e. The highest BCUT2D eigenvalue weighted by atomic mass is 35.5. The Labute approximate surface area is 123 Å². The van der Waals surface area contributed by atoms with Crippen molar-refractivity contribution in [1.29, 1.82) is 0 Å². The molecule has 0 heterocycles. The van der Waals surface area contributed by atoms with Crippen molar-refractivity contribution in [1.82, 2.24) is 5.32 Å². The Kier molecular flexibility index (Phi) is 5.12. The van der Waals surface area contributed by atoms with E-state index in [2.05, 4.69) is 24.4 Å². The minimum atomic E-state index is -0.415. The van der Waals surface area contributed by atoms with Gasteiger partial charge in [0.1, 0.15) is 5.82 Å². The topological polar surface area (TPSA) is 38.0 Å². The van der Waals surface area contributed by atoms with E-state index < -0.39 is 5.82 Å². The molecule has 2 atom stereocenters. The summed E-state index contributed by atoms with van der Waals surface area (Å²) in [5.74, 6) is -0.415. The number of benzene rings is 2. The lowest BCUT2D eigenvalue weighted by Crippen LogP contribution is -2.30. The van der Waals surface area contributed by atoms with Gasteiger partial charge in [-0.05, 0) is 30.2 Å². The number of rotatable bonds is 5. The fourth-order valence-corrected chi connectivity index (χ4v) is 2.36. The van der Waals surface area contributed by atoms with Crippen LogP contribution in [0.5, 0.6) is 0 Å². The molecule has 2 nitrogen and oxygen atoms in total. The molecule has 0 saturated heterocycles. The third-order valence-corrected chi connectivity index (χ3v) is 3.62. The van der Waals surface area contributed by atoms with Gasteiger partial charge in [-0.1, -0.05) is 48.0 Å². The first-order valence-corrected chi connectivity index (χ1v) is 6.95. The summed E-state index contributed by atoms with van der Waals surface area (Å²) in [4.78, 5) is 0. The van der Waals surface area contributed by atoms with E-state index in [0.717, 1.165) is 5.56 Å². The maximum atomic E-state index is 13.2. The zero-order valence-electron chi connectivity index (χ0n) is 11.3. The van der Waals surface area contributed by atoms with E-state index in [1.165, 1.54) is 11.6 Å². The zero-order valence-corrected chi connectivity index (χ0v) is 12.1. The summed E-state index contributed by atoms with van der Waals surface area (Å²) < 4.78 is 13.2. The first-order valence-electron chi connectivity index (χ1n) is 6.58. The second-order valence-electron chi connectivity index (χ2n) is 4.76. The summed E-state index contributed by atoms with van der Waals surface area (Å²) in [6.07, 6.45) is 0. The monoisotopic (exact) mass is 292 g/mol.